The number of amides is 4. The molecule has 0 saturated heterocycles. The highest BCUT2D eigenvalue weighted by atomic mass is 16.6. The van der Waals surface area contributed by atoms with Crippen molar-refractivity contribution < 1.29 is 43.3 Å². The van der Waals surface area contributed by atoms with Gasteiger partial charge in [-0.25, -0.2) is 9.59 Å². The molecule has 0 radical (unpaired) electrons. The topological polar surface area (TPSA) is 206 Å². The van der Waals surface area contributed by atoms with Crippen molar-refractivity contribution in [3.8, 4) is 0 Å². The van der Waals surface area contributed by atoms with E-state index in [-0.39, 0.29) is 31.7 Å². The molecular formula is C36H51N5O9. The molecule has 274 valence electrons. The Morgan fingerprint density at radius 2 is 1.54 bits per heavy atom. The zero-order valence-corrected chi connectivity index (χ0v) is 29.7. The summed E-state index contributed by atoms with van der Waals surface area (Å²) >= 11 is 0. The molecule has 14 nitrogen and oxygen atoms in total. The molecular weight excluding hydrogens is 646 g/mol. The number of carbonyl (C=O) groups excluding carboxylic acids is 5. The minimum atomic E-state index is -1.38. The number of alkyl carbamates (subject to hydrolysis) is 1. The van der Waals surface area contributed by atoms with Crippen LogP contribution in [0.2, 0.25) is 0 Å². The van der Waals surface area contributed by atoms with Gasteiger partial charge in [-0.05, 0) is 84.1 Å². The maximum Gasteiger partial charge on any atom is 0.407 e. The van der Waals surface area contributed by atoms with Crippen LogP contribution < -0.4 is 21.7 Å². The molecule has 0 spiro atoms. The SMILES string of the molecule is CC(C)(C)OC(=O)C[C@@H](C(=O)NCC(=O)N[C@@H](CCCCNC(=O)OCc1ccccc1)C(=O)O)N(C(=O)c1cccc(CN)c1)C(C)(C)C. The molecule has 0 aromatic heterocycles. The number of carbonyl (C=O) groups is 6. The number of benzene rings is 2. The molecule has 2 aromatic rings. The Bertz CT molecular complexity index is 1470. The van der Waals surface area contributed by atoms with Crippen molar-refractivity contribution in [2.45, 2.75) is 104 Å². The monoisotopic (exact) mass is 697 g/mol. The Kier molecular flexibility index (Phi) is 15.9. The molecule has 6 N–H and O–H groups in total. The van der Waals surface area contributed by atoms with Gasteiger partial charge in [0.2, 0.25) is 11.8 Å². The number of nitrogens with zero attached hydrogens (tertiary/aromatic N) is 1. The van der Waals surface area contributed by atoms with Crippen LogP contribution >= 0.6 is 0 Å². The van der Waals surface area contributed by atoms with Crippen LogP contribution in [-0.4, -0.2) is 82.1 Å². The molecule has 2 atom stereocenters. The number of aliphatic carboxylic acids is 1. The second kappa shape index (κ2) is 19.3. The lowest BCUT2D eigenvalue weighted by Crippen LogP contribution is -2.59. The summed E-state index contributed by atoms with van der Waals surface area (Å²) in [5.41, 5.74) is 5.73. The number of ether oxygens (including phenoxy) is 2. The predicted molar refractivity (Wildman–Crippen MR) is 186 cm³/mol. The average Bonchev–Trinajstić information content (AvgIpc) is 3.04. The average molecular weight is 698 g/mol. The van der Waals surface area contributed by atoms with Crippen LogP contribution in [-0.2, 0) is 41.8 Å². The summed E-state index contributed by atoms with van der Waals surface area (Å²) < 4.78 is 10.6. The Morgan fingerprint density at radius 3 is 2.14 bits per heavy atom. The second-order valence-electron chi connectivity index (χ2n) is 13.7. The van der Waals surface area contributed by atoms with Gasteiger partial charge in [0.05, 0.1) is 13.0 Å². The van der Waals surface area contributed by atoms with Crippen LogP contribution in [0.5, 0.6) is 0 Å². The van der Waals surface area contributed by atoms with Gasteiger partial charge < -0.3 is 41.2 Å². The van der Waals surface area contributed by atoms with Gasteiger partial charge in [-0.15, -0.1) is 0 Å². The molecule has 50 heavy (non-hydrogen) atoms. The zero-order valence-electron chi connectivity index (χ0n) is 29.7. The van der Waals surface area contributed by atoms with Crippen molar-refractivity contribution in [2.24, 2.45) is 5.73 Å². The van der Waals surface area contributed by atoms with Gasteiger partial charge in [-0.3, -0.25) is 19.2 Å². The van der Waals surface area contributed by atoms with E-state index in [2.05, 4.69) is 16.0 Å². The van der Waals surface area contributed by atoms with E-state index in [0.29, 0.717) is 18.4 Å². The molecule has 14 heteroatoms. The number of hydrogen-bond acceptors (Lipinski definition) is 9. The van der Waals surface area contributed by atoms with E-state index in [1.54, 1.807) is 65.8 Å². The van der Waals surface area contributed by atoms with E-state index < -0.39 is 71.9 Å². The Hall–Kier alpha value is -4.98. The Labute approximate surface area is 293 Å². The van der Waals surface area contributed by atoms with E-state index in [1.807, 2.05) is 30.3 Å². The fraction of sp³-hybridized carbons (Fsp3) is 0.500. The molecule has 0 heterocycles. The largest absolute Gasteiger partial charge is 0.480 e. The van der Waals surface area contributed by atoms with Crippen molar-refractivity contribution in [1.29, 1.82) is 0 Å². The van der Waals surface area contributed by atoms with E-state index in [4.69, 9.17) is 15.2 Å². The van der Waals surface area contributed by atoms with Gasteiger partial charge in [-0.2, -0.15) is 0 Å². The number of unbranched alkanes of at least 4 members (excludes halogenated alkanes) is 1. The minimum absolute atomic E-state index is 0.0607. The number of esters is 1. The maximum atomic E-state index is 13.9. The summed E-state index contributed by atoms with van der Waals surface area (Å²) in [6.07, 6.45) is -0.266. The van der Waals surface area contributed by atoms with Crippen LogP contribution in [0.4, 0.5) is 4.79 Å². The maximum absolute atomic E-state index is 13.9. The predicted octanol–water partition coefficient (Wildman–Crippen LogP) is 3.27. The van der Waals surface area contributed by atoms with Gasteiger partial charge in [0, 0.05) is 24.2 Å². The van der Waals surface area contributed by atoms with Crippen LogP contribution in [0.3, 0.4) is 0 Å². The first-order valence-corrected chi connectivity index (χ1v) is 16.5. The van der Waals surface area contributed by atoms with Crippen molar-refractivity contribution in [3.63, 3.8) is 0 Å². The van der Waals surface area contributed by atoms with Gasteiger partial charge in [0.25, 0.3) is 5.91 Å². The van der Waals surface area contributed by atoms with Crippen LogP contribution in [0, 0.1) is 0 Å². The normalized spacial score (nSPS) is 12.5. The first-order valence-electron chi connectivity index (χ1n) is 16.5. The Balaban J connectivity index is 2.04. The molecule has 0 fully saturated rings. The third kappa shape index (κ3) is 14.6. The summed E-state index contributed by atoms with van der Waals surface area (Å²) in [5.74, 6) is -4.13. The zero-order chi connectivity index (χ0) is 37.5. The molecule has 0 unspecified atom stereocenters. The van der Waals surface area contributed by atoms with Crippen molar-refractivity contribution >= 4 is 35.8 Å². The summed E-state index contributed by atoms with van der Waals surface area (Å²) in [6, 6.07) is 13.1. The number of nitrogens with one attached hydrogen (secondary N) is 3. The minimum Gasteiger partial charge on any atom is -0.480 e. The summed E-state index contributed by atoms with van der Waals surface area (Å²) in [7, 11) is 0. The fourth-order valence-corrected chi connectivity index (χ4v) is 4.95. The molecule has 0 aliphatic heterocycles. The summed E-state index contributed by atoms with van der Waals surface area (Å²) in [4.78, 5) is 78.4. The van der Waals surface area contributed by atoms with E-state index in [9.17, 15) is 33.9 Å². The molecule has 2 aromatic carbocycles. The van der Waals surface area contributed by atoms with E-state index in [1.165, 1.54) is 4.90 Å². The molecule has 4 amide bonds. The van der Waals surface area contributed by atoms with E-state index in [0.717, 1.165) is 5.56 Å². The lowest BCUT2D eigenvalue weighted by Gasteiger charge is -2.41. The molecule has 0 bridgehead atoms. The highest BCUT2D eigenvalue weighted by Gasteiger charge is 2.40. The quantitative estimate of drug-likeness (QED) is 0.120. The molecule has 0 saturated carbocycles. The summed E-state index contributed by atoms with van der Waals surface area (Å²) in [5, 5.41) is 17.1. The third-order valence-electron chi connectivity index (χ3n) is 7.20. The fourth-order valence-electron chi connectivity index (χ4n) is 4.95. The Morgan fingerprint density at radius 1 is 0.880 bits per heavy atom. The van der Waals surface area contributed by atoms with Crippen LogP contribution in [0.1, 0.15) is 88.7 Å². The van der Waals surface area contributed by atoms with Gasteiger partial charge >= 0.3 is 18.0 Å². The second-order valence-corrected chi connectivity index (χ2v) is 13.7. The number of rotatable bonds is 17. The lowest BCUT2D eigenvalue weighted by atomic mass is 9.97. The van der Waals surface area contributed by atoms with Crippen molar-refractivity contribution in [2.75, 3.05) is 13.1 Å². The standard InChI is InChI=1S/C36H51N5O9/c1-35(2,3)41(32(45)26-16-12-15-25(19-26)21-37)28(20-30(43)50-36(4,5)6)31(44)39-22-29(42)40-27(33(46)47)17-10-11-18-38-34(48)49-23-24-13-8-7-9-14-24/h7-9,12-16,19,27-28H,10-11,17-18,20-23,37H2,1-6H3,(H,38,48)(H,39,44)(H,40,42)(H,46,47)/t27-,28-/m0/s1. The van der Waals surface area contributed by atoms with Crippen molar-refractivity contribution in [1.82, 2.24) is 20.9 Å². The molecule has 0 aliphatic rings. The van der Waals surface area contributed by atoms with Gasteiger partial charge in [-0.1, -0.05) is 42.5 Å². The first-order chi connectivity index (χ1) is 23.4. The van der Waals surface area contributed by atoms with E-state index >= 15 is 0 Å². The highest BCUT2D eigenvalue weighted by molar-refractivity contribution is 6.00. The van der Waals surface area contributed by atoms with Crippen molar-refractivity contribution in [3.05, 3.63) is 71.3 Å². The smallest absolute Gasteiger partial charge is 0.407 e. The van der Waals surface area contributed by atoms with Crippen LogP contribution in [0.25, 0.3) is 0 Å². The highest BCUT2D eigenvalue weighted by Crippen LogP contribution is 2.24. The molecule has 0 aliphatic carbocycles. The third-order valence-corrected chi connectivity index (χ3v) is 7.20. The number of carboxylic acids is 1. The first kappa shape index (κ1) is 41.2. The van der Waals surface area contributed by atoms with Gasteiger partial charge in [0.15, 0.2) is 0 Å². The molecule has 2 rings (SSSR count). The lowest BCUT2D eigenvalue weighted by molar-refractivity contribution is -0.158. The summed E-state index contributed by atoms with van der Waals surface area (Å²) in [6.45, 7) is 10.1. The number of hydrogen-bond donors (Lipinski definition) is 5. The number of carboxylic acid groups (broad SMARTS) is 1. The number of nitrogens with two attached hydrogens (primary N) is 1. The van der Waals surface area contributed by atoms with Crippen LogP contribution in [0.15, 0.2) is 54.6 Å². The van der Waals surface area contributed by atoms with Gasteiger partial charge in [0.1, 0.15) is 24.3 Å².